The van der Waals surface area contributed by atoms with E-state index in [2.05, 4.69) is 4.98 Å². The van der Waals surface area contributed by atoms with E-state index in [-0.39, 0.29) is 23.6 Å². The number of hydrogen-bond acceptors (Lipinski definition) is 5. The van der Waals surface area contributed by atoms with Crippen LogP contribution in [0.1, 0.15) is 24.3 Å². The minimum Gasteiger partial charge on any atom is -0.491 e. The Morgan fingerprint density at radius 2 is 2.00 bits per heavy atom. The monoisotopic (exact) mass is 262 g/mol. The van der Waals surface area contributed by atoms with Crippen LogP contribution in [0.25, 0.3) is 11.3 Å². The van der Waals surface area contributed by atoms with Crippen molar-refractivity contribution in [2.45, 2.75) is 20.0 Å². The second-order valence-electron chi connectivity index (χ2n) is 4.23. The summed E-state index contributed by atoms with van der Waals surface area (Å²) in [6, 6.07) is 6.70. The molecule has 0 fully saturated rings. The molecule has 6 heteroatoms. The zero-order valence-corrected chi connectivity index (χ0v) is 10.6. The van der Waals surface area contributed by atoms with Gasteiger partial charge in [-0.1, -0.05) is 0 Å². The number of benzene rings is 1. The Hall–Kier alpha value is -2.50. The van der Waals surface area contributed by atoms with Crippen molar-refractivity contribution in [2.75, 3.05) is 5.73 Å². The molecule has 3 N–H and O–H groups in total. The van der Waals surface area contributed by atoms with Crippen LogP contribution in [0.5, 0.6) is 5.75 Å². The lowest BCUT2D eigenvalue weighted by Gasteiger charge is -2.09. The number of aromatic carboxylic acids is 1. The molecule has 0 spiro atoms. The molecule has 1 aromatic heterocycles. The van der Waals surface area contributed by atoms with Crippen molar-refractivity contribution in [1.29, 1.82) is 0 Å². The number of carbonyl (C=O) groups is 1. The summed E-state index contributed by atoms with van der Waals surface area (Å²) in [5, 5.41) is 9.01. The molecule has 0 saturated heterocycles. The number of nitrogen functional groups attached to an aromatic ring is 1. The van der Waals surface area contributed by atoms with Gasteiger partial charge < -0.3 is 20.0 Å². The molecule has 0 unspecified atom stereocenters. The summed E-state index contributed by atoms with van der Waals surface area (Å²) >= 11 is 0. The van der Waals surface area contributed by atoms with Gasteiger partial charge in [0.15, 0.2) is 11.5 Å². The molecule has 2 rings (SSSR count). The normalized spacial score (nSPS) is 10.7. The summed E-state index contributed by atoms with van der Waals surface area (Å²) in [5.41, 5.74) is 5.77. The van der Waals surface area contributed by atoms with Crippen molar-refractivity contribution < 1.29 is 19.1 Å². The third-order valence-corrected chi connectivity index (χ3v) is 2.33. The minimum absolute atomic E-state index is 0.0707. The summed E-state index contributed by atoms with van der Waals surface area (Å²) in [5.74, 6) is -0.345. The Balaban J connectivity index is 2.34. The van der Waals surface area contributed by atoms with Gasteiger partial charge in [0, 0.05) is 5.56 Å². The molecule has 0 bridgehead atoms. The van der Waals surface area contributed by atoms with Crippen molar-refractivity contribution in [3.8, 4) is 17.1 Å². The first-order chi connectivity index (χ1) is 8.97. The number of oxazole rings is 1. The molecule has 2 aromatic rings. The fraction of sp³-hybridized carbons (Fsp3) is 0.231. The van der Waals surface area contributed by atoms with Crippen LogP contribution >= 0.6 is 0 Å². The Kier molecular flexibility index (Phi) is 3.41. The Labute approximate surface area is 109 Å². The van der Waals surface area contributed by atoms with Gasteiger partial charge in [-0.3, -0.25) is 0 Å². The second kappa shape index (κ2) is 5.01. The number of anilines is 1. The highest BCUT2D eigenvalue weighted by Crippen LogP contribution is 2.28. The lowest BCUT2D eigenvalue weighted by atomic mass is 10.1. The minimum atomic E-state index is -1.18. The first kappa shape index (κ1) is 12.9. The van der Waals surface area contributed by atoms with Gasteiger partial charge in [0.2, 0.25) is 0 Å². The fourth-order valence-corrected chi connectivity index (χ4v) is 1.63. The first-order valence-electron chi connectivity index (χ1n) is 5.74. The lowest BCUT2D eigenvalue weighted by molar-refractivity contribution is 0.0691. The molecule has 1 heterocycles. The predicted octanol–water partition coefficient (Wildman–Crippen LogP) is 2.41. The fourth-order valence-electron chi connectivity index (χ4n) is 1.63. The van der Waals surface area contributed by atoms with E-state index < -0.39 is 5.97 Å². The SMILES string of the molecule is CC(C)Oc1ccc(-c2oc(N)nc2C(=O)O)cc1. The van der Waals surface area contributed by atoms with Crippen molar-refractivity contribution in [2.24, 2.45) is 0 Å². The maximum Gasteiger partial charge on any atom is 0.358 e. The van der Waals surface area contributed by atoms with Crippen molar-refractivity contribution in [3.63, 3.8) is 0 Å². The van der Waals surface area contributed by atoms with E-state index in [0.717, 1.165) is 0 Å². The average molecular weight is 262 g/mol. The molecular weight excluding hydrogens is 248 g/mol. The molecule has 100 valence electrons. The van der Waals surface area contributed by atoms with Crippen LogP contribution in [-0.4, -0.2) is 22.2 Å². The summed E-state index contributed by atoms with van der Waals surface area (Å²) in [6.45, 7) is 3.85. The number of nitrogens with two attached hydrogens (primary N) is 1. The highest BCUT2D eigenvalue weighted by atomic mass is 16.5. The predicted molar refractivity (Wildman–Crippen MR) is 69.1 cm³/mol. The summed E-state index contributed by atoms with van der Waals surface area (Å²) in [7, 11) is 0. The third-order valence-electron chi connectivity index (χ3n) is 2.33. The van der Waals surface area contributed by atoms with Gasteiger partial charge in [-0.15, -0.1) is 0 Å². The van der Waals surface area contributed by atoms with Gasteiger partial charge in [-0.2, -0.15) is 4.98 Å². The summed E-state index contributed by atoms with van der Waals surface area (Å²) in [4.78, 5) is 14.7. The lowest BCUT2D eigenvalue weighted by Crippen LogP contribution is -2.05. The second-order valence-corrected chi connectivity index (χ2v) is 4.23. The van der Waals surface area contributed by atoms with E-state index in [4.69, 9.17) is 20.0 Å². The average Bonchev–Trinajstić information content (AvgIpc) is 2.72. The number of aromatic nitrogens is 1. The van der Waals surface area contributed by atoms with E-state index in [1.165, 1.54) is 0 Å². The van der Waals surface area contributed by atoms with Gasteiger partial charge in [-0.25, -0.2) is 4.79 Å². The third kappa shape index (κ3) is 2.85. The first-order valence-corrected chi connectivity index (χ1v) is 5.74. The van der Waals surface area contributed by atoms with Gasteiger partial charge in [-0.05, 0) is 38.1 Å². The van der Waals surface area contributed by atoms with Crippen molar-refractivity contribution >= 4 is 12.0 Å². The molecule has 0 aliphatic heterocycles. The molecule has 1 aromatic carbocycles. The number of hydrogen-bond donors (Lipinski definition) is 2. The highest BCUT2D eigenvalue weighted by Gasteiger charge is 2.19. The van der Waals surface area contributed by atoms with Crippen LogP contribution in [0.3, 0.4) is 0 Å². The molecule has 6 nitrogen and oxygen atoms in total. The van der Waals surface area contributed by atoms with Gasteiger partial charge in [0.1, 0.15) is 5.75 Å². The van der Waals surface area contributed by atoms with Gasteiger partial charge in [0.05, 0.1) is 6.10 Å². The number of nitrogens with zero attached hydrogens (tertiary/aromatic N) is 1. The number of carboxylic acid groups (broad SMARTS) is 1. The molecule has 0 amide bonds. The van der Waals surface area contributed by atoms with Crippen LogP contribution in [0.2, 0.25) is 0 Å². The van der Waals surface area contributed by atoms with Crippen LogP contribution < -0.4 is 10.5 Å². The molecular formula is C13H14N2O4. The largest absolute Gasteiger partial charge is 0.491 e. The molecule has 0 saturated carbocycles. The quantitative estimate of drug-likeness (QED) is 0.877. The van der Waals surface area contributed by atoms with Crippen LogP contribution in [-0.2, 0) is 0 Å². The molecule has 0 aliphatic carbocycles. The summed E-state index contributed by atoms with van der Waals surface area (Å²) < 4.78 is 10.6. The van der Waals surface area contributed by atoms with Crippen molar-refractivity contribution in [3.05, 3.63) is 30.0 Å². The Bertz CT molecular complexity index is 587. The molecule has 0 radical (unpaired) electrons. The maximum absolute atomic E-state index is 11.0. The maximum atomic E-state index is 11.0. The van der Waals surface area contributed by atoms with Crippen LogP contribution in [0.4, 0.5) is 6.01 Å². The smallest absolute Gasteiger partial charge is 0.358 e. The van der Waals surface area contributed by atoms with E-state index >= 15 is 0 Å². The van der Waals surface area contributed by atoms with Crippen LogP contribution in [0, 0.1) is 0 Å². The zero-order chi connectivity index (χ0) is 14.0. The van der Waals surface area contributed by atoms with E-state index in [0.29, 0.717) is 11.3 Å². The number of carboxylic acids is 1. The number of ether oxygens (including phenoxy) is 1. The Morgan fingerprint density at radius 3 is 2.53 bits per heavy atom. The Morgan fingerprint density at radius 1 is 1.37 bits per heavy atom. The number of rotatable bonds is 4. The van der Waals surface area contributed by atoms with E-state index in [1.54, 1.807) is 24.3 Å². The molecule has 0 aliphatic rings. The zero-order valence-electron chi connectivity index (χ0n) is 10.6. The van der Waals surface area contributed by atoms with E-state index in [9.17, 15) is 4.79 Å². The van der Waals surface area contributed by atoms with E-state index in [1.807, 2.05) is 13.8 Å². The molecule has 19 heavy (non-hydrogen) atoms. The highest BCUT2D eigenvalue weighted by molar-refractivity contribution is 5.92. The van der Waals surface area contributed by atoms with Gasteiger partial charge >= 0.3 is 5.97 Å². The van der Waals surface area contributed by atoms with Crippen LogP contribution in [0.15, 0.2) is 28.7 Å². The standard InChI is InChI=1S/C13H14N2O4/c1-7(2)18-9-5-3-8(4-6-9)11-10(12(16)17)15-13(14)19-11/h3-7H,1-2H3,(H2,14,15)(H,16,17). The summed E-state index contributed by atoms with van der Waals surface area (Å²) in [6.07, 6.45) is 0.0707. The van der Waals surface area contributed by atoms with Crippen molar-refractivity contribution in [1.82, 2.24) is 4.98 Å². The van der Waals surface area contributed by atoms with Gasteiger partial charge in [0.25, 0.3) is 6.01 Å². The molecule has 0 atom stereocenters. The topological polar surface area (TPSA) is 98.6 Å².